The van der Waals surface area contributed by atoms with Crippen LogP contribution in [0.25, 0.3) is 10.9 Å². The van der Waals surface area contributed by atoms with Crippen molar-refractivity contribution in [3.05, 3.63) is 30.0 Å². The quantitative estimate of drug-likeness (QED) is 0.725. The Kier molecular flexibility index (Phi) is 3.59. The third-order valence-corrected chi connectivity index (χ3v) is 3.91. The Balaban J connectivity index is 2.52. The summed E-state index contributed by atoms with van der Waals surface area (Å²) in [6.45, 7) is 0.836. The summed E-state index contributed by atoms with van der Waals surface area (Å²) in [5.74, 6) is 0. The molecule has 0 unspecified atom stereocenters. The third-order valence-electron chi connectivity index (χ3n) is 2.91. The van der Waals surface area contributed by atoms with Crippen molar-refractivity contribution >= 4 is 23.8 Å². The molecule has 1 aromatic heterocycles. The Labute approximate surface area is 106 Å². The highest BCUT2D eigenvalue weighted by Gasteiger charge is 2.22. The maximum atomic E-state index is 11.5. The van der Waals surface area contributed by atoms with E-state index in [1.165, 1.54) is 6.07 Å². The second kappa shape index (κ2) is 4.86. The number of likely N-dealkylation sites (N-methyl/N-ethyl adjacent to an activating group) is 1. The molecule has 6 heteroatoms. The summed E-state index contributed by atoms with van der Waals surface area (Å²) >= 11 is 0. The third kappa shape index (κ3) is 2.65. The fraction of sp³-hybridized carbons (Fsp3) is 0.333. The molecule has 1 aromatic carbocycles. The maximum Gasteiger partial charge on any atom is 0.356 e. The topological polar surface area (TPSA) is 76.6 Å². The predicted molar refractivity (Wildman–Crippen MR) is 72.2 cm³/mol. The molecule has 0 saturated heterocycles. The summed E-state index contributed by atoms with van der Waals surface area (Å²) in [7, 11) is -0.296. The van der Waals surface area contributed by atoms with Gasteiger partial charge in [0.1, 0.15) is 0 Å². The van der Waals surface area contributed by atoms with Crippen LogP contribution in [0.3, 0.4) is 0 Å². The molecule has 18 heavy (non-hydrogen) atoms. The minimum absolute atomic E-state index is 0.106. The number of nitrogens with one attached hydrogen (secondary N) is 1. The lowest BCUT2D eigenvalue weighted by atomic mass is 10.1. The van der Waals surface area contributed by atoms with Crippen LogP contribution in [0.4, 0.5) is 0 Å². The first-order chi connectivity index (χ1) is 8.39. The number of H-pyrrole nitrogens is 1. The molecule has 0 aliphatic rings. The SMILES string of the molecule is CN(C)CCc1c[nH]c2cccc(P(=O)(O)O)c12. The molecule has 2 rings (SSSR count). The van der Waals surface area contributed by atoms with Gasteiger partial charge in [-0.1, -0.05) is 6.07 Å². The van der Waals surface area contributed by atoms with Crippen LogP contribution in [0.1, 0.15) is 5.56 Å². The fourth-order valence-corrected chi connectivity index (χ4v) is 2.85. The number of fused-ring (bicyclic) bond motifs is 1. The van der Waals surface area contributed by atoms with Crippen molar-refractivity contribution in [1.82, 2.24) is 9.88 Å². The number of hydrogen-bond donors (Lipinski definition) is 3. The molecule has 0 amide bonds. The Morgan fingerprint density at radius 1 is 1.33 bits per heavy atom. The average molecular weight is 268 g/mol. The number of benzene rings is 1. The van der Waals surface area contributed by atoms with E-state index in [2.05, 4.69) is 4.98 Å². The van der Waals surface area contributed by atoms with Crippen LogP contribution in [0.2, 0.25) is 0 Å². The number of aromatic amines is 1. The van der Waals surface area contributed by atoms with Crippen LogP contribution in [0.5, 0.6) is 0 Å². The van der Waals surface area contributed by atoms with Crippen LogP contribution < -0.4 is 5.30 Å². The molecular weight excluding hydrogens is 251 g/mol. The largest absolute Gasteiger partial charge is 0.361 e. The zero-order chi connectivity index (χ0) is 13.3. The molecule has 3 N–H and O–H groups in total. The summed E-state index contributed by atoms with van der Waals surface area (Å²) in [6.07, 6.45) is 2.58. The molecule has 2 aromatic rings. The molecule has 1 heterocycles. The Morgan fingerprint density at radius 2 is 2.06 bits per heavy atom. The van der Waals surface area contributed by atoms with Gasteiger partial charge in [0.2, 0.25) is 0 Å². The van der Waals surface area contributed by atoms with Crippen LogP contribution in [0, 0.1) is 0 Å². The molecule has 0 atom stereocenters. The molecule has 5 nitrogen and oxygen atoms in total. The van der Waals surface area contributed by atoms with Crippen molar-refractivity contribution in [3.8, 4) is 0 Å². The minimum atomic E-state index is -4.24. The lowest BCUT2D eigenvalue weighted by molar-refractivity contribution is 0.387. The van der Waals surface area contributed by atoms with Crippen LogP contribution in [-0.2, 0) is 11.0 Å². The van der Waals surface area contributed by atoms with E-state index in [1.807, 2.05) is 31.3 Å². The Bertz CT molecular complexity index is 600. The molecule has 0 aliphatic carbocycles. The predicted octanol–water partition coefficient (Wildman–Crippen LogP) is 1.07. The average Bonchev–Trinajstić information content (AvgIpc) is 2.67. The van der Waals surface area contributed by atoms with Crippen molar-refractivity contribution in [2.24, 2.45) is 0 Å². The maximum absolute atomic E-state index is 11.5. The van der Waals surface area contributed by atoms with Crippen LogP contribution in [-0.4, -0.2) is 40.3 Å². The van der Waals surface area contributed by atoms with E-state index >= 15 is 0 Å². The van der Waals surface area contributed by atoms with Gasteiger partial charge >= 0.3 is 7.60 Å². The van der Waals surface area contributed by atoms with E-state index in [1.54, 1.807) is 6.07 Å². The van der Waals surface area contributed by atoms with Gasteiger partial charge in [-0.2, -0.15) is 0 Å². The molecule has 98 valence electrons. The highest BCUT2D eigenvalue weighted by Crippen LogP contribution is 2.37. The fourth-order valence-electron chi connectivity index (χ4n) is 2.02. The van der Waals surface area contributed by atoms with E-state index in [9.17, 15) is 14.4 Å². The van der Waals surface area contributed by atoms with Crippen molar-refractivity contribution in [3.63, 3.8) is 0 Å². The lowest BCUT2D eigenvalue weighted by Gasteiger charge is -2.10. The number of hydrogen-bond acceptors (Lipinski definition) is 2. The first kappa shape index (κ1) is 13.3. The monoisotopic (exact) mass is 268 g/mol. The number of rotatable bonds is 4. The summed E-state index contributed by atoms with van der Waals surface area (Å²) in [5.41, 5.74) is 1.71. The van der Waals surface area contributed by atoms with E-state index in [0.717, 1.165) is 24.0 Å². The molecule has 0 spiro atoms. The summed E-state index contributed by atoms with van der Waals surface area (Å²) < 4.78 is 11.5. The van der Waals surface area contributed by atoms with Gasteiger partial charge in [-0.05, 0) is 38.2 Å². The van der Waals surface area contributed by atoms with Crippen LogP contribution >= 0.6 is 7.60 Å². The number of nitrogens with zero attached hydrogens (tertiary/aromatic N) is 1. The summed E-state index contributed by atoms with van der Waals surface area (Å²) in [5, 5.41) is 0.766. The van der Waals surface area contributed by atoms with Gasteiger partial charge in [-0.15, -0.1) is 0 Å². The summed E-state index contributed by atoms with van der Waals surface area (Å²) in [6, 6.07) is 4.98. The molecule has 0 fully saturated rings. The smallest absolute Gasteiger partial charge is 0.356 e. The van der Waals surface area contributed by atoms with E-state index < -0.39 is 7.60 Å². The molecule has 0 radical (unpaired) electrons. The van der Waals surface area contributed by atoms with E-state index in [0.29, 0.717) is 5.39 Å². The van der Waals surface area contributed by atoms with Gasteiger partial charge in [0.15, 0.2) is 0 Å². The normalized spacial score (nSPS) is 12.5. The minimum Gasteiger partial charge on any atom is -0.361 e. The first-order valence-electron chi connectivity index (χ1n) is 5.69. The van der Waals surface area contributed by atoms with Gasteiger partial charge in [0.25, 0.3) is 0 Å². The standard InChI is InChI=1S/C12H17N2O3P/c1-14(2)7-6-9-8-13-10-4-3-5-11(12(9)10)18(15,16)17/h3-5,8,13H,6-7H2,1-2H3,(H2,15,16,17). The Morgan fingerprint density at radius 3 is 2.67 bits per heavy atom. The van der Waals surface area contributed by atoms with Gasteiger partial charge < -0.3 is 19.7 Å². The van der Waals surface area contributed by atoms with E-state index in [4.69, 9.17) is 0 Å². The van der Waals surface area contributed by atoms with Crippen molar-refractivity contribution < 1.29 is 14.4 Å². The highest BCUT2D eigenvalue weighted by molar-refractivity contribution is 7.60. The molecule has 0 saturated carbocycles. The van der Waals surface area contributed by atoms with Gasteiger partial charge in [-0.25, -0.2) is 0 Å². The Hall–Kier alpha value is -1.13. The highest BCUT2D eigenvalue weighted by atomic mass is 31.2. The van der Waals surface area contributed by atoms with Gasteiger partial charge in [0, 0.05) is 23.6 Å². The molecule has 0 bridgehead atoms. The molecular formula is C12H17N2O3P. The number of aromatic nitrogens is 1. The first-order valence-corrected chi connectivity index (χ1v) is 7.30. The van der Waals surface area contributed by atoms with Crippen LogP contribution in [0.15, 0.2) is 24.4 Å². The zero-order valence-electron chi connectivity index (χ0n) is 10.4. The van der Waals surface area contributed by atoms with E-state index in [-0.39, 0.29) is 5.30 Å². The lowest BCUT2D eigenvalue weighted by Crippen LogP contribution is -2.15. The second-order valence-electron chi connectivity index (χ2n) is 4.61. The van der Waals surface area contributed by atoms with Crippen molar-refractivity contribution in [1.29, 1.82) is 0 Å². The zero-order valence-corrected chi connectivity index (χ0v) is 11.3. The van der Waals surface area contributed by atoms with Crippen molar-refractivity contribution in [2.75, 3.05) is 20.6 Å². The van der Waals surface area contributed by atoms with Gasteiger partial charge in [0.05, 0.1) is 5.30 Å². The second-order valence-corrected chi connectivity index (χ2v) is 6.18. The summed E-state index contributed by atoms with van der Waals surface area (Å²) in [4.78, 5) is 23.9. The van der Waals surface area contributed by atoms with Gasteiger partial charge in [-0.3, -0.25) is 4.57 Å². The van der Waals surface area contributed by atoms with Crippen molar-refractivity contribution in [2.45, 2.75) is 6.42 Å². The molecule has 0 aliphatic heterocycles.